The largest absolute Gasteiger partial charge is 0.263 e. The molecule has 3 heterocycles. The Morgan fingerprint density at radius 1 is 1.25 bits per heavy atom. The van der Waals surface area contributed by atoms with Gasteiger partial charge in [-0.05, 0) is 17.3 Å². The van der Waals surface area contributed by atoms with Crippen molar-refractivity contribution >= 4 is 14.3 Å². The van der Waals surface area contributed by atoms with Crippen LogP contribution in [-0.2, 0) is 0 Å². The molecule has 0 spiro atoms. The monoisotopic (exact) mass is 173 g/mol. The molecule has 0 atom stereocenters. The standard InChI is InChI=1S/C10H11NSi/c1-6-9-7-4-11-5-8(7)10(6)12(9,2)3/h4-5H,1-3H3. The van der Waals surface area contributed by atoms with Gasteiger partial charge in [-0.25, -0.2) is 0 Å². The molecule has 0 aromatic heterocycles. The molecule has 0 unspecified atom stereocenters. The Morgan fingerprint density at radius 3 is 2.58 bits per heavy atom. The second-order valence-electron chi connectivity index (χ2n) is 4.23. The minimum absolute atomic E-state index is 1.11. The van der Waals surface area contributed by atoms with E-state index in [9.17, 15) is 0 Å². The third-order valence-corrected chi connectivity index (χ3v) is 7.02. The molecule has 60 valence electrons. The third-order valence-electron chi connectivity index (χ3n) is 3.24. The highest BCUT2D eigenvalue weighted by atomic mass is 28.3. The van der Waals surface area contributed by atoms with Gasteiger partial charge in [-0.1, -0.05) is 18.7 Å². The maximum atomic E-state index is 4.19. The Morgan fingerprint density at radius 2 is 2.00 bits per heavy atom. The van der Waals surface area contributed by atoms with Crippen molar-refractivity contribution in [1.82, 2.24) is 0 Å². The van der Waals surface area contributed by atoms with Crippen LogP contribution < -0.4 is 0 Å². The van der Waals surface area contributed by atoms with Crippen molar-refractivity contribution in [3.8, 4) is 0 Å². The maximum absolute atomic E-state index is 4.19. The molecule has 4 aliphatic rings. The predicted molar refractivity (Wildman–Crippen MR) is 53.8 cm³/mol. The lowest BCUT2D eigenvalue weighted by Gasteiger charge is -2.35. The fraction of sp³-hybridized carbons (Fsp3) is 0.300. The Hall–Kier alpha value is -0.893. The van der Waals surface area contributed by atoms with E-state index in [0.29, 0.717) is 0 Å². The summed E-state index contributed by atoms with van der Waals surface area (Å²) in [7, 11) is -1.11. The number of rotatable bonds is 0. The fourth-order valence-electron chi connectivity index (χ4n) is 2.93. The van der Waals surface area contributed by atoms with E-state index in [1.807, 2.05) is 12.4 Å². The van der Waals surface area contributed by atoms with Crippen LogP contribution in [0.3, 0.4) is 0 Å². The van der Waals surface area contributed by atoms with Crippen LogP contribution in [0, 0.1) is 0 Å². The first-order valence-corrected chi connectivity index (χ1v) is 7.34. The molecule has 0 amide bonds. The minimum Gasteiger partial charge on any atom is -0.263 e. The summed E-state index contributed by atoms with van der Waals surface area (Å²) in [6, 6.07) is 0. The van der Waals surface area contributed by atoms with Crippen LogP contribution in [-0.4, -0.2) is 14.3 Å². The molecule has 0 saturated heterocycles. The van der Waals surface area contributed by atoms with Crippen LogP contribution in [0.1, 0.15) is 6.92 Å². The lowest BCUT2D eigenvalue weighted by atomic mass is 10.2. The molecule has 0 radical (unpaired) electrons. The van der Waals surface area contributed by atoms with Crippen molar-refractivity contribution in [3.05, 3.63) is 33.3 Å². The first-order chi connectivity index (χ1) is 5.64. The third kappa shape index (κ3) is 0.435. The number of hydrogen-bond donors (Lipinski definition) is 0. The average molecular weight is 173 g/mol. The van der Waals surface area contributed by atoms with Crippen molar-refractivity contribution in [2.75, 3.05) is 0 Å². The van der Waals surface area contributed by atoms with E-state index >= 15 is 0 Å². The molecule has 0 aromatic rings. The molecule has 0 fully saturated rings. The van der Waals surface area contributed by atoms with Crippen molar-refractivity contribution in [1.29, 1.82) is 0 Å². The molecule has 1 nitrogen and oxygen atoms in total. The zero-order chi connectivity index (χ0) is 8.51. The van der Waals surface area contributed by atoms with Crippen molar-refractivity contribution in [2.45, 2.75) is 20.0 Å². The fourth-order valence-corrected chi connectivity index (χ4v) is 6.86. The summed E-state index contributed by atoms with van der Waals surface area (Å²) in [5, 5.41) is 3.31. The van der Waals surface area contributed by atoms with Gasteiger partial charge in [-0.15, -0.1) is 0 Å². The summed E-state index contributed by atoms with van der Waals surface area (Å²) in [5.74, 6) is 0. The number of hydrogen-bond acceptors (Lipinski definition) is 1. The van der Waals surface area contributed by atoms with Gasteiger partial charge in [0, 0.05) is 23.6 Å². The topological polar surface area (TPSA) is 12.4 Å². The zero-order valence-electron chi connectivity index (χ0n) is 7.60. The lowest BCUT2D eigenvalue weighted by molar-refractivity contribution is 1.36. The van der Waals surface area contributed by atoms with Crippen molar-refractivity contribution in [2.24, 2.45) is 4.99 Å². The van der Waals surface area contributed by atoms with Crippen LogP contribution >= 0.6 is 0 Å². The van der Waals surface area contributed by atoms with E-state index in [0.717, 1.165) is 0 Å². The Bertz CT molecular complexity index is 419. The normalized spacial score (nSPS) is 27.8. The van der Waals surface area contributed by atoms with Crippen LogP contribution in [0.2, 0.25) is 13.1 Å². The summed E-state index contributed by atoms with van der Waals surface area (Å²) in [6.07, 6.45) is 4.06. The molecule has 2 bridgehead atoms. The second kappa shape index (κ2) is 1.57. The van der Waals surface area contributed by atoms with Gasteiger partial charge in [0.05, 0.1) is 0 Å². The van der Waals surface area contributed by atoms with Gasteiger partial charge in [0.1, 0.15) is 8.07 Å². The second-order valence-corrected chi connectivity index (χ2v) is 8.48. The number of allylic oxidation sites excluding steroid dienone is 5. The van der Waals surface area contributed by atoms with Crippen LogP contribution in [0.25, 0.3) is 0 Å². The Labute approximate surface area is 73.2 Å². The van der Waals surface area contributed by atoms with E-state index in [1.165, 1.54) is 11.1 Å². The summed E-state index contributed by atoms with van der Waals surface area (Å²) in [5.41, 5.74) is 4.44. The highest BCUT2D eigenvalue weighted by Crippen LogP contribution is 2.56. The van der Waals surface area contributed by atoms with E-state index in [-0.39, 0.29) is 0 Å². The van der Waals surface area contributed by atoms with Crippen molar-refractivity contribution in [3.63, 3.8) is 0 Å². The number of aliphatic imine (C=N–C) groups is 1. The highest BCUT2D eigenvalue weighted by Gasteiger charge is 2.52. The Balaban J connectivity index is 2.37. The summed E-state index contributed by atoms with van der Waals surface area (Å²) >= 11 is 0. The molecule has 12 heavy (non-hydrogen) atoms. The van der Waals surface area contributed by atoms with E-state index in [2.05, 4.69) is 25.0 Å². The SMILES string of the molecule is CC1=C2C3=CN=CC3=C1[Si]2(C)C. The van der Waals surface area contributed by atoms with Gasteiger partial charge in [-0.3, -0.25) is 4.99 Å². The quantitative estimate of drug-likeness (QED) is 0.499. The molecule has 2 heteroatoms. The minimum atomic E-state index is -1.11. The maximum Gasteiger partial charge on any atom is 0.114 e. The lowest BCUT2D eigenvalue weighted by Crippen LogP contribution is -2.38. The molecule has 4 rings (SSSR count). The van der Waals surface area contributed by atoms with Gasteiger partial charge in [0.25, 0.3) is 0 Å². The Kier molecular flexibility index (Phi) is 0.864. The van der Waals surface area contributed by atoms with Crippen LogP contribution in [0.5, 0.6) is 0 Å². The van der Waals surface area contributed by atoms with Gasteiger partial charge in [-0.2, -0.15) is 0 Å². The predicted octanol–water partition coefficient (Wildman–Crippen LogP) is 2.38. The van der Waals surface area contributed by atoms with E-state index < -0.39 is 8.07 Å². The smallest absolute Gasteiger partial charge is 0.114 e. The molecule has 1 aliphatic carbocycles. The molecule has 3 aliphatic heterocycles. The molecule has 0 saturated carbocycles. The van der Waals surface area contributed by atoms with Gasteiger partial charge in [0.2, 0.25) is 0 Å². The summed E-state index contributed by atoms with van der Waals surface area (Å²) in [4.78, 5) is 4.19. The summed E-state index contributed by atoms with van der Waals surface area (Å²) < 4.78 is 0. The molecular formula is C10H11NSi. The molecular weight excluding hydrogens is 162 g/mol. The summed E-state index contributed by atoms with van der Waals surface area (Å²) in [6.45, 7) is 7.12. The van der Waals surface area contributed by atoms with Gasteiger partial charge < -0.3 is 0 Å². The van der Waals surface area contributed by atoms with Crippen molar-refractivity contribution < 1.29 is 0 Å². The number of nitrogens with zero attached hydrogens (tertiary/aromatic N) is 1. The van der Waals surface area contributed by atoms with Gasteiger partial charge >= 0.3 is 0 Å². The average Bonchev–Trinajstić information content (AvgIpc) is 2.48. The van der Waals surface area contributed by atoms with E-state index in [1.54, 1.807) is 16.0 Å². The zero-order valence-corrected chi connectivity index (χ0v) is 8.60. The first kappa shape index (κ1) is 6.60. The van der Waals surface area contributed by atoms with E-state index in [4.69, 9.17) is 0 Å². The highest BCUT2D eigenvalue weighted by molar-refractivity contribution is 6.98. The first-order valence-electron chi connectivity index (χ1n) is 4.34. The van der Waals surface area contributed by atoms with Crippen LogP contribution in [0.4, 0.5) is 0 Å². The van der Waals surface area contributed by atoms with Crippen LogP contribution in [0.15, 0.2) is 38.3 Å². The molecule has 0 N–H and O–H groups in total. The molecule has 0 aromatic carbocycles. The van der Waals surface area contributed by atoms with Gasteiger partial charge in [0.15, 0.2) is 0 Å².